The number of hydrogen-bond donors (Lipinski definition) is 0. The van der Waals surface area contributed by atoms with Gasteiger partial charge in [0, 0.05) is 16.6 Å². The molecule has 0 fully saturated rings. The number of allylic oxidation sites excluding steroid dienone is 1. The SMILES string of the molecule is CCCC=CCOc1ccc(-c2ccc(-c3ncc(CCCCC)s3)cc2)cc1. The molecule has 0 N–H and O–H groups in total. The number of benzene rings is 2. The van der Waals surface area contributed by atoms with Gasteiger partial charge in [0.05, 0.1) is 0 Å². The summed E-state index contributed by atoms with van der Waals surface area (Å²) in [6.45, 7) is 5.05. The van der Waals surface area contributed by atoms with Crippen LogP contribution in [-0.2, 0) is 6.42 Å². The van der Waals surface area contributed by atoms with Gasteiger partial charge in [0.1, 0.15) is 17.4 Å². The van der Waals surface area contributed by atoms with E-state index in [-0.39, 0.29) is 0 Å². The summed E-state index contributed by atoms with van der Waals surface area (Å²) in [5.41, 5.74) is 3.60. The van der Waals surface area contributed by atoms with Crippen LogP contribution in [0.3, 0.4) is 0 Å². The highest BCUT2D eigenvalue weighted by molar-refractivity contribution is 7.15. The Bertz CT molecular complexity index is 878. The van der Waals surface area contributed by atoms with Crippen molar-refractivity contribution in [3.8, 4) is 27.4 Å². The fraction of sp³-hybridized carbons (Fsp3) is 0.346. The molecule has 0 bridgehead atoms. The van der Waals surface area contributed by atoms with E-state index < -0.39 is 0 Å². The van der Waals surface area contributed by atoms with Crippen molar-refractivity contribution in [1.29, 1.82) is 0 Å². The monoisotopic (exact) mass is 405 g/mol. The first-order valence-corrected chi connectivity index (χ1v) is 11.5. The van der Waals surface area contributed by atoms with Crippen molar-refractivity contribution >= 4 is 11.3 Å². The number of unbranched alkanes of at least 4 members (excludes halogenated alkanes) is 3. The summed E-state index contributed by atoms with van der Waals surface area (Å²) < 4.78 is 5.76. The van der Waals surface area contributed by atoms with Crippen LogP contribution in [0.15, 0.2) is 66.9 Å². The minimum atomic E-state index is 0.627. The zero-order valence-electron chi connectivity index (χ0n) is 17.6. The molecule has 0 unspecified atom stereocenters. The van der Waals surface area contributed by atoms with Gasteiger partial charge in [0.2, 0.25) is 0 Å². The van der Waals surface area contributed by atoms with Crippen molar-refractivity contribution < 1.29 is 4.74 Å². The predicted molar refractivity (Wildman–Crippen MR) is 126 cm³/mol. The molecular weight excluding hydrogens is 374 g/mol. The van der Waals surface area contributed by atoms with E-state index in [4.69, 9.17) is 4.74 Å². The lowest BCUT2D eigenvalue weighted by Crippen LogP contribution is -1.93. The Labute approximate surface area is 179 Å². The van der Waals surface area contributed by atoms with Gasteiger partial charge in [0.15, 0.2) is 0 Å². The number of rotatable bonds is 11. The first kappa shape index (κ1) is 21.3. The maximum absolute atomic E-state index is 5.76. The highest BCUT2D eigenvalue weighted by atomic mass is 32.1. The van der Waals surface area contributed by atoms with Gasteiger partial charge in [-0.15, -0.1) is 11.3 Å². The van der Waals surface area contributed by atoms with Crippen LogP contribution in [0.2, 0.25) is 0 Å². The second-order valence-electron chi connectivity index (χ2n) is 7.26. The summed E-state index contributed by atoms with van der Waals surface area (Å²) >= 11 is 1.82. The standard InChI is InChI=1S/C26H31NOS/c1-3-5-7-9-19-28-24-17-15-22(16-18-24)21-11-13-23(14-12-21)26-27-20-25(29-26)10-8-6-4-2/h7,9,11-18,20H,3-6,8,10,19H2,1-2H3. The Morgan fingerprint density at radius 1 is 0.828 bits per heavy atom. The first-order chi connectivity index (χ1) is 14.3. The summed E-state index contributed by atoms with van der Waals surface area (Å²) in [7, 11) is 0. The maximum atomic E-state index is 5.76. The van der Waals surface area contributed by atoms with Crippen LogP contribution in [0.1, 0.15) is 50.8 Å². The second-order valence-corrected chi connectivity index (χ2v) is 8.38. The predicted octanol–water partition coefficient (Wildman–Crippen LogP) is 7.94. The van der Waals surface area contributed by atoms with Crippen molar-refractivity contribution in [1.82, 2.24) is 4.98 Å². The van der Waals surface area contributed by atoms with E-state index in [0.717, 1.165) is 23.6 Å². The van der Waals surface area contributed by atoms with Crippen LogP contribution < -0.4 is 4.74 Å². The molecule has 152 valence electrons. The highest BCUT2D eigenvalue weighted by Gasteiger charge is 2.06. The third-order valence-electron chi connectivity index (χ3n) is 4.87. The molecule has 0 saturated carbocycles. The van der Waals surface area contributed by atoms with Gasteiger partial charge in [-0.1, -0.05) is 81.7 Å². The highest BCUT2D eigenvalue weighted by Crippen LogP contribution is 2.29. The molecular formula is C26H31NOS. The van der Waals surface area contributed by atoms with Crippen LogP contribution in [0, 0.1) is 0 Å². The molecule has 0 spiro atoms. The number of aromatic nitrogens is 1. The van der Waals surface area contributed by atoms with Crippen LogP contribution in [-0.4, -0.2) is 11.6 Å². The molecule has 0 aliphatic rings. The van der Waals surface area contributed by atoms with E-state index in [1.54, 1.807) is 0 Å². The van der Waals surface area contributed by atoms with E-state index in [1.807, 2.05) is 29.7 Å². The molecule has 0 radical (unpaired) electrons. The Morgan fingerprint density at radius 2 is 1.52 bits per heavy atom. The Morgan fingerprint density at radius 3 is 2.21 bits per heavy atom. The second kappa shape index (κ2) is 11.6. The minimum absolute atomic E-state index is 0.627. The molecule has 2 nitrogen and oxygen atoms in total. The zero-order chi connectivity index (χ0) is 20.3. The average molecular weight is 406 g/mol. The van der Waals surface area contributed by atoms with E-state index in [0.29, 0.717) is 6.61 Å². The van der Waals surface area contributed by atoms with Crippen LogP contribution in [0.5, 0.6) is 5.75 Å². The van der Waals surface area contributed by atoms with Gasteiger partial charge in [0.25, 0.3) is 0 Å². The molecule has 1 aromatic heterocycles. The summed E-state index contributed by atoms with van der Waals surface area (Å²) in [6.07, 6.45) is 13.5. The van der Waals surface area contributed by atoms with Crippen molar-refractivity contribution in [2.24, 2.45) is 0 Å². The van der Waals surface area contributed by atoms with E-state index in [1.165, 1.54) is 47.3 Å². The lowest BCUT2D eigenvalue weighted by atomic mass is 10.0. The molecule has 0 saturated heterocycles. The molecule has 29 heavy (non-hydrogen) atoms. The zero-order valence-corrected chi connectivity index (χ0v) is 18.4. The Hall–Kier alpha value is -2.39. The molecule has 3 aromatic rings. The fourth-order valence-electron chi connectivity index (χ4n) is 3.15. The average Bonchev–Trinajstić information content (AvgIpc) is 3.23. The van der Waals surface area contributed by atoms with Gasteiger partial charge in [-0.25, -0.2) is 4.98 Å². The summed E-state index contributed by atoms with van der Waals surface area (Å²) in [5.74, 6) is 0.907. The summed E-state index contributed by atoms with van der Waals surface area (Å²) in [5, 5.41) is 1.11. The molecule has 0 amide bonds. The van der Waals surface area contributed by atoms with E-state index in [2.05, 4.69) is 67.4 Å². The van der Waals surface area contributed by atoms with Crippen LogP contribution in [0.25, 0.3) is 21.7 Å². The largest absolute Gasteiger partial charge is 0.490 e. The smallest absolute Gasteiger partial charge is 0.123 e. The lowest BCUT2D eigenvalue weighted by Gasteiger charge is -2.06. The molecule has 0 atom stereocenters. The summed E-state index contributed by atoms with van der Waals surface area (Å²) in [6, 6.07) is 17.0. The Balaban J connectivity index is 1.58. The summed E-state index contributed by atoms with van der Waals surface area (Å²) in [4.78, 5) is 6.01. The molecule has 0 aliphatic carbocycles. The fourth-order valence-corrected chi connectivity index (χ4v) is 4.11. The number of aryl methyl sites for hydroxylation is 1. The van der Waals surface area contributed by atoms with Crippen molar-refractivity contribution in [2.75, 3.05) is 6.61 Å². The van der Waals surface area contributed by atoms with Crippen LogP contribution in [0.4, 0.5) is 0 Å². The molecule has 3 heteroatoms. The van der Waals surface area contributed by atoms with Crippen molar-refractivity contribution in [2.45, 2.75) is 52.4 Å². The number of thiazole rings is 1. The van der Waals surface area contributed by atoms with Crippen molar-refractivity contribution in [3.05, 3.63) is 71.8 Å². The van der Waals surface area contributed by atoms with Crippen LogP contribution >= 0.6 is 11.3 Å². The first-order valence-electron chi connectivity index (χ1n) is 10.7. The Kier molecular flexibility index (Phi) is 8.51. The number of nitrogens with zero attached hydrogens (tertiary/aromatic N) is 1. The number of ether oxygens (including phenoxy) is 1. The minimum Gasteiger partial charge on any atom is -0.490 e. The van der Waals surface area contributed by atoms with Gasteiger partial charge in [-0.2, -0.15) is 0 Å². The maximum Gasteiger partial charge on any atom is 0.123 e. The van der Waals surface area contributed by atoms with Gasteiger partial charge >= 0.3 is 0 Å². The topological polar surface area (TPSA) is 22.1 Å². The van der Waals surface area contributed by atoms with Crippen molar-refractivity contribution in [3.63, 3.8) is 0 Å². The lowest BCUT2D eigenvalue weighted by molar-refractivity contribution is 0.362. The molecule has 3 rings (SSSR count). The third-order valence-corrected chi connectivity index (χ3v) is 5.97. The number of hydrogen-bond acceptors (Lipinski definition) is 3. The quantitative estimate of drug-likeness (QED) is 0.238. The van der Waals surface area contributed by atoms with E-state index >= 15 is 0 Å². The molecule has 1 heterocycles. The van der Waals surface area contributed by atoms with Gasteiger partial charge < -0.3 is 4.74 Å². The third kappa shape index (κ3) is 6.57. The molecule has 2 aromatic carbocycles. The van der Waals surface area contributed by atoms with E-state index in [9.17, 15) is 0 Å². The van der Waals surface area contributed by atoms with Gasteiger partial charge in [-0.3, -0.25) is 0 Å². The molecule has 0 aliphatic heterocycles. The normalized spacial score (nSPS) is 11.2. The van der Waals surface area contributed by atoms with Gasteiger partial charge in [-0.05, 0) is 42.5 Å².